The number of aromatic nitrogens is 1. The highest BCUT2D eigenvalue weighted by Gasteiger charge is 2.29. The number of nitrogens with two attached hydrogens (primary N) is 1. The van der Waals surface area contributed by atoms with Gasteiger partial charge in [0, 0.05) is 26.6 Å². The Morgan fingerprint density at radius 3 is 2.64 bits per heavy atom. The first kappa shape index (κ1) is 9.52. The lowest BCUT2D eigenvalue weighted by molar-refractivity contribution is 0.299. The Morgan fingerprint density at radius 1 is 1.50 bits per heavy atom. The summed E-state index contributed by atoms with van der Waals surface area (Å²) in [4.78, 5) is 2.05. The highest BCUT2D eigenvalue weighted by molar-refractivity contribution is 5.54. The predicted molar refractivity (Wildman–Crippen MR) is 55.3 cm³/mol. The quantitative estimate of drug-likeness (QED) is 0.793. The van der Waals surface area contributed by atoms with E-state index >= 15 is 0 Å². The Morgan fingerprint density at radius 2 is 2.21 bits per heavy atom. The van der Waals surface area contributed by atoms with Crippen LogP contribution in [-0.4, -0.2) is 19.3 Å². The van der Waals surface area contributed by atoms with Gasteiger partial charge in [0.15, 0.2) is 5.76 Å². The zero-order valence-corrected chi connectivity index (χ0v) is 8.79. The summed E-state index contributed by atoms with van der Waals surface area (Å²) in [5, 5.41) is 4.02. The van der Waals surface area contributed by atoms with Crippen molar-refractivity contribution < 1.29 is 4.52 Å². The van der Waals surface area contributed by atoms with Crippen LogP contribution in [0.25, 0.3) is 0 Å². The summed E-state index contributed by atoms with van der Waals surface area (Å²) in [5.74, 6) is 1.60. The monoisotopic (exact) mass is 195 g/mol. The molecule has 2 N–H and O–H groups in total. The minimum absolute atomic E-state index is 0.448. The second-order valence-electron chi connectivity index (χ2n) is 4.07. The third-order valence-corrected chi connectivity index (χ3v) is 2.88. The molecule has 0 aliphatic heterocycles. The molecular formula is C10H17N3O. The third kappa shape index (κ3) is 1.39. The zero-order chi connectivity index (χ0) is 10.1. The van der Waals surface area contributed by atoms with Gasteiger partial charge in [0.2, 0.25) is 0 Å². The van der Waals surface area contributed by atoms with Gasteiger partial charge in [0.25, 0.3) is 0 Å². The summed E-state index contributed by atoms with van der Waals surface area (Å²) < 4.78 is 5.38. The lowest BCUT2D eigenvalue weighted by atomic mass is 9.83. The zero-order valence-electron chi connectivity index (χ0n) is 8.79. The van der Waals surface area contributed by atoms with E-state index in [1.54, 1.807) is 0 Å². The van der Waals surface area contributed by atoms with Gasteiger partial charge in [-0.15, -0.1) is 0 Å². The highest BCUT2D eigenvalue weighted by Crippen LogP contribution is 2.41. The summed E-state index contributed by atoms with van der Waals surface area (Å²) in [6.45, 7) is 0.448. The molecule has 0 atom stereocenters. The van der Waals surface area contributed by atoms with Crippen LogP contribution in [-0.2, 0) is 6.54 Å². The van der Waals surface area contributed by atoms with Crippen LogP contribution in [0.3, 0.4) is 0 Å². The van der Waals surface area contributed by atoms with E-state index in [4.69, 9.17) is 10.3 Å². The molecule has 0 spiro atoms. The molecule has 1 aromatic heterocycles. The number of rotatable bonds is 3. The maximum atomic E-state index is 5.61. The second-order valence-corrected chi connectivity index (χ2v) is 4.07. The van der Waals surface area contributed by atoms with Crippen LogP contribution in [0.5, 0.6) is 0 Å². The first-order valence-electron chi connectivity index (χ1n) is 5.10. The number of nitrogens with zero attached hydrogens (tertiary/aromatic N) is 2. The van der Waals surface area contributed by atoms with Gasteiger partial charge in [-0.2, -0.15) is 0 Å². The molecule has 14 heavy (non-hydrogen) atoms. The molecule has 4 heteroatoms. The molecule has 0 aromatic carbocycles. The molecule has 1 heterocycles. The Bertz CT molecular complexity index is 315. The fourth-order valence-electron chi connectivity index (χ4n) is 1.88. The van der Waals surface area contributed by atoms with Gasteiger partial charge in [-0.1, -0.05) is 11.6 Å². The summed E-state index contributed by atoms with van der Waals surface area (Å²) >= 11 is 0. The van der Waals surface area contributed by atoms with Gasteiger partial charge in [-0.05, 0) is 12.8 Å². The fraction of sp³-hybridized carbons (Fsp3) is 0.700. The number of hydrogen-bond donors (Lipinski definition) is 1. The predicted octanol–water partition coefficient (Wildman–Crippen LogP) is 1.47. The first-order chi connectivity index (χ1) is 6.74. The van der Waals surface area contributed by atoms with E-state index < -0.39 is 0 Å². The first-order valence-corrected chi connectivity index (χ1v) is 5.10. The van der Waals surface area contributed by atoms with Crippen molar-refractivity contribution in [3.05, 3.63) is 11.5 Å². The van der Waals surface area contributed by atoms with Crippen molar-refractivity contribution in [3.63, 3.8) is 0 Å². The summed E-state index contributed by atoms with van der Waals surface area (Å²) in [7, 11) is 4.02. The maximum absolute atomic E-state index is 5.61. The van der Waals surface area contributed by atoms with Crippen molar-refractivity contribution in [1.29, 1.82) is 0 Å². The van der Waals surface area contributed by atoms with Crippen LogP contribution in [0.1, 0.15) is 36.6 Å². The van der Waals surface area contributed by atoms with E-state index in [1.807, 2.05) is 19.0 Å². The average molecular weight is 195 g/mol. The van der Waals surface area contributed by atoms with Gasteiger partial charge >= 0.3 is 0 Å². The fourth-order valence-corrected chi connectivity index (χ4v) is 1.88. The lowest BCUT2D eigenvalue weighted by Gasteiger charge is -2.25. The second kappa shape index (κ2) is 3.61. The minimum atomic E-state index is 0.448. The average Bonchev–Trinajstić information content (AvgIpc) is 2.44. The molecule has 4 nitrogen and oxygen atoms in total. The van der Waals surface area contributed by atoms with Gasteiger partial charge < -0.3 is 15.2 Å². The van der Waals surface area contributed by atoms with E-state index in [0.717, 1.165) is 17.1 Å². The van der Waals surface area contributed by atoms with Crippen molar-refractivity contribution >= 4 is 5.69 Å². The van der Waals surface area contributed by atoms with E-state index in [9.17, 15) is 0 Å². The van der Waals surface area contributed by atoms with Crippen molar-refractivity contribution in [3.8, 4) is 0 Å². The molecule has 1 fully saturated rings. The number of anilines is 1. The van der Waals surface area contributed by atoms with E-state index in [2.05, 4.69) is 5.16 Å². The van der Waals surface area contributed by atoms with Gasteiger partial charge in [-0.25, -0.2) is 0 Å². The van der Waals surface area contributed by atoms with Crippen molar-refractivity contribution in [1.82, 2.24) is 5.16 Å². The molecule has 0 unspecified atom stereocenters. The molecule has 1 aliphatic carbocycles. The lowest BCUT2D eigenvalue weighted by Crippen LogP contribution is -2.17. The Kier molecular flexibility index (Phi) is 2.46. The molecule has 78 valence electrons. The molecule has 0 amide bonds. The molecule has 1 aromatic rings. The topological polar surface area (TPSA) is 55.3 Å². The Labute approximate surface area is 84.0 Å². The highest BCUT2D eigenvalue weighted by atomic mass is 16.5. The van der Waals surface area contributed by atoms with E-state index in [-0.39, 0.29) is 0 Å². The molecule has 0 radical (unpaired) electrons. The third-order valence-electron chi connectivity index (χ3n) is 2.88. The van der Waals surface area contributed by atoms with Crippen LogP contribution >= 0.6 is 0 Å². The van der Waals surface area contributed by atoms with Crippen molar-refractivity contribution in [2.24, 2.45) is 5.73 Å². The van der Waals surface area contributed by atoms with E-state index in [0.29, 0.717) is 12.5 Å². The van der Waals surface area contributed by atoms with Crippen molar-refractivity contribution in [2.45, 2.75) is 31.7 Å². The van der Waals surface area contributed by atoms with Gasteiger partial charge in [0.05, 0.1) is 0 Å². The summed E-state index contributed by atoms with van der Waals surface area (Å²) in [5.41, 5.74) is 7.58. The summed E-state index contributed by atoms with van der Waals surface area (Å²) in [6, 6.07) is 0. The Hall–Kier alpha value is -1.03. The van der Waals surface area contributed by atoms with E-state index in [1.165, 1.54) is 19.3 Å². The van der Waals surface area contributed by atoms with Crippen LogP contribution in [0.2, 0.25) is 0 Å². The molecule has 2 rings (SSSR count). The van der Waals surface area contributed by atoms with Crippen molar-refractivity contribution in [2.75, 3.05) is 19.0 Å². The van der Waals surface area contributed by atoms with Gasteiger partial charge in [-0.3, -0.25) is 0 Å². The Balaban J connectivity index is 2.33. The van der Waals surface area contributed by atoms with Gasteiger partial charge in [0.1, 0.15) is 11.4 Å². The SMILES string of the molecule is CN(C)c1c(CN)noc1C1CCC1. The smallest absolute Gasteiger partial charge is 0.163 e. The molecule has 0 saturated heterocycles. The minimum Gasteiger partial charge on any atom is -0.373 e. The van der Waals surface area contributed by atoms with Crippen LogP contribution in [0, 0.1) is 0 Å². The standard InChI is InChI=1S/C10H17N3O/c1-13(2)9-8(6-11)12-14-10(9)7-4-3-5-7/h7H,3-6,11H2,1-2H3. The molecular weight excluding hydrogens is 178 g/mol. The summed E-state index contributed by atoms with van der Waals surface area (Å²) in [6.07, 6.45) is 3.75. The molecule has 1 saturated carbocycles. The largest absolute Gasteiger partial charge is 0.373 e. The number of hydrogen-bond acceptors (Lipinski definition) is 4. The van der Waals surface area contributed by atoms with Crippen LogP contribution in [0.15, 0.2) is 4.52 Å². The molecule has 0 bridgehead atoms. The maximum Gasteiger partial charge on any atom is 0.163 e. The van der Waals surface area contributed by atoms with Crippen LogP contribution in [0.4, 0.5) is 5.69 Å². The molecule has 1 aliphatic rings. The normalized spacial score (nSPS) is 16.8. The van der Waals surface area contributed by atoms with Crippen LogP contribution < -0.4 is 10.6 Å².